The van der Waals surface area contributed by atoms with Gasteiger partial charge < -0.3 is 10.2 Å². The van der Waals surface area contributed by atoms with E-state index in [2.05, 4.69) is 40.3 Å². The highest BCUT2D eigenvalue weighted by Gasteiger charge is 2.59. The smallest absolute Gasteiger partial charge is 0.306 e. The van der Waals surface area contributed by atoms with Crippen molar-refractivity contribution in [2.45, 2.75) is 98.0 Å². The van der Waals surface area contributed by atoms with E-state index in [1.54, 1.807) is 5.57 Å². The first kappa shape index (κ1) is 23.1. The molecule has 0 radical (unpaired) electrons. The number of carboxylic acids is 1. The van der Waals surface area contributed by atoms with Crippen molar-refractivity contribution in [3.05, 3.63) is 23.8 Å². The van der Waals surface area contributed by atoms with Crippen LogP contribution in [0.4, 0.5) is 0 Å². The zero-order valence-electron chi connectivity index (χ0n) is 20.2. The number of carbonyl (C=O) groups is 1. The fraction of sp³-hybridized carbons (Fsp3) is 0.821. The Morgan fingerprint density at radius 3 is 2.48 bits per heavy atom. The summed E-state index contributed by atoms with van der Waals surface area (Å²) >= 11 is 0. The number of hydrogen-bond donors (Lipinski definition) is 2. The molecule has 3 fully saturated rings. The third kappa shape index (κ3) is 3.83. The Kier molecular flexibility index (Phi) is 6.22. The third-order valence-electron chi connectivity index (χ3n) is 10.5. The lowest BCUT2D eigenvalue weighted by molar-refractivity contribution is -0.146. The fourth-order valence-corrected chi connectivity index (χ4v) is 8.32. The molecule has 0 aromatic carbocycles. The molecule has 0 aromatic rings. The Morgan fingerprint density at radius 1 is 1.13 bits per heavy atom. The van der Waals surface area contributed by atoms with Crippen molar-refractivity contribution in [1.29, 1.82) is 0 Å². The molecule has 4 rings (SSSR count). The summed E-state index contributed by atoms with van der Waals surface area (Å²) in [6.45, 7) is 13.4. The van der Waals surface area contributed by atoms with Crippen LogP contribution in [0.15, 0.2) is 23.8 Å². The molecule has 174 valence electrons. The molecule has 4 aliphatic carbocycles. The van der Waals surface area contributed by atoms with Gasteiger partial charge in [-0.2, -0.15) is 0 Å². The van der Waals surface area contributed by atoms with Gasteiger partial charge in [0.25, 0.3) is 0 Å². The highest BCUT2D eigenvalue weighted by atomic mass is 16.4. The van der Waals surface area contributed by atoms with Gasteiger partial charge in [0.15, 0.2) is 0 Å². The number of hydrogen-bond acceptors (Lipinski definition) is 2. The predicted octanol–water partition coefficient (Wildman–Crippen LogP) is 6.62. The van der Waals surface area contributed by atoms with Gasteiger partial charge in [0, 0.05) is 0 Å². The molecule has 4 aliphatic rings. The van der Waals surface area contributed by atoms with E-state index in [4.69, 9.17) is 0 Å². The maximum Gasteiger partial charge on any atom is 0.306 e. The second kappa shape index (κ2) is 8.36. The maximum atomic E-state index is 12.4. The Morgan fingerprint density at radius 2 is 1.81 bits per heavy atom. The summed E-state index contributed by atoms with van der Waals surface area (Å²) in [7, 11) is 0. The van der Waals surface area contributed by atoms with Gasteiger partial charge in [-0.25, -0.2) is 0 Å². The quantitative estimate of drug-likeness (QED) is 0.467. The monoisotopic (exact) mass is 428 g/mol. The van der Waals surface area contributed by atoms with Gasteiger partial charge in [0.05, 0.1) is 12.0 Å². The highest BCUT2D eigenvalue weighted by molar-refractivity contribution is 5.70. The average molecular weight is 429 g/mol. The first-order valence-electron chi connectivity index (χ1n) is 12.9. The molecule has 8 atom stereocenters. The van der Waals surface area contributed by atoms with Crippen molar-refractivity contribution in [1.82, 2.24) is 0 Å². The number of rotatable bonds is 6. The molecular weight excluding hydrogens is 384 g/mol. The molecule has 3 heteroatoms. The van der Waals surface area contributed by atoms with Crippen LogP contribution in [-0.4, -0.2) is 22.3 Å². The van der Waals surface area contributed by atoms with E-state index in [1.165, 1.54) is 12.0 Å². The van der Waals surface area contributed by atoms with Crippen LogP contribution in [0.5, 0.6) is 0 Å². The zero-order chi connectivity index (χ0) is 22.6. The van der Waals surface area contributed by atoms with Crippen LogP contribution in [0.3, 0.4) is 0 Å². The molecule has 0 amide bonds. The average Bonchev–Trinajstić information content (AvgIpc) is 3.05. The van der Waals surface area contributed by atoms with E-state index in [1.807, 2.05) is 0 Å². The number of fused-ring (bicyclic) bond motifs is 5. The lowest BCUT2D eigenvalue weighted by atomic mass is 9.47. The van der Waals surface area contributed by atoms with Crippen LogP contribution in [0.1, 0.15) is 91.9 Å². The van der Waals surface area contributed by atoms with Gasteiger partial charge in [0.2, 0.25) is 0 Å². The van der Waals surface area contributed by atoms with Crippen LogP contribution in [0, 0.1) is 46.3 Å². The van der Waals surface area contributed by atoms with E-state index in [9.17, 15) is 15.0 Å². The molecule has 0 aliphatic heterocycles. The van der Waals surface area contributed by atoms with Crippen molar-refractivity contribution < 1.29 is 15.0 Å². The van der Waals surface area contributed by atoms with Crippen molar-refractivity contribution in [2.24, 2.45) is 46.3 Å². The summed E-state index contributed by atoms with van der Waals surface area (Å²) in [4.78, 5) is 12.4. The minimum absolute atomic E-state index is 0.113. The second-order valence-electron chi connectivity index (χ2n) is 12.2. The molecule has 2 N–H and O–H groups in total. The molecule has 0 aromatic heterocycles. The number of aliphatic hydroxyl groups excluding tert-OH is 1. The molecule has 0 saturated heterocycles. The van der Waals surface area contributed by atoms with Crippen LogP contribution in [0.2, 0.25) is 0 Å². The summed E-state index contributed by atoms with van der Waals surface area (Å²) in [5, 5.41) is 20.4. The normalized spacial score (nSPS) is 42.9. The van der Waals surface area contributed by atoms with Crippen molar-refractivity contribution in [3.63, 3.8) is 0 Å². The minimum atomic E-state index is -0.600. The van der Waals surface area contributed by atoms with Crippen LogP contribution >= 0.6 is 0 Å². The number of allylic oxidation sites excluding steroid dienone is 3. The van der Waals surface area contributed by atoms with Crippen LogP contribution in [0.25, 0.3) is 0 Å². The summed E-state index contributed by atoms with van der Waals surface area (Å²) < 4.78 is 0. The molecule has 8 unspecified atom stereocenters. The molecule has 3 saturated carbocycles. The molecule has 0 spiro atoms. The highest BCUT2D eigenvalue weighted by Crippen LogP contribution is 2.67. The first-order valence-corrected chi connectivity index (χ1v) is 12.9. The van der Waals surface area contributed by atoms with E-state index < -0.39 is 5.97 Å². The topological polar surface area (TPSA) is 57.5 Å². The number of aliphatic hydroxyl groups is 1. The molecule has 0 heterocycles. The van der Waals surface area contributed by atoms with Gasteiger partial charge in [-0.05, 0) is 105 Å². The Hall–Kier alpha value is -1.09. The standard InChI is InChI=1S/C28H44O3/c1-17(2)18(3)6-8-22(26(30)31)24-11-10-23-21-9-7-19-16-20(29)12-14-27(19,4)25(21)13-15-28(23,24)5/h9,17,19-20,22-25,29H,3,6-8,10-16H2,1-2,4-5H3,(H,30,31). The van der Waals surface area contributed by atoms with Gasteiger partial charge in [-0.3, -0.25) is 4.79 Å². The maximum absolute atomic E-state index is 12.4. The lowest BCUT2D eigenvalue weighted by Gasteiger charge is -2.57. The van der Waals surface area contributed by atoms with E-state index in [0.717, 1.165) is 57.8 Å². The predicted molar refractivity (Wildman–Crippen MR) is 126 cm³/mol. The Bertz CT molecular complexity index is 751. The SMILES string of the molecule is C=C(CCC(C(=O)O)C1CCC2C3=CCC4CC(O)CCC4(C)C3CCC21C)C(C)C. The van der Waals surface area contributed by atoms with Gasteiger partial charge in [-0.1, -0.05) is 51.5 Å². The summed E-state index contributed by atoms with van der Waals surface area (Å²) in [5.74, 6) is 1.65. The van der Waals surface area contributed by atoms with E-state index >= 15 is 0 Å². The van der Waals surface area contributed by atoms with Crippen molar-refractivity contribution in [3.8, 4) is 0 Å². The van der Waals surface area contributed by atoms with Crippen LogP contribution in [-0.2, 0) is 4.79 Å². The number of carboxylic acid groups (broad SMARTS) is 1. The molecular formula is C28H44O3. The third-order valence-corrected chi connectivity index (χ3v) is 10.5. The second-order valence-corrected chi connectivity index (χ2v) is 12.2. The molecule has 0 bridgehead atoms. The zero-order valence-corrected chi connectivity index (χ0v) is 20.2. The van der Waals surface area contributed by atoms with E-state index in [0.29, 0.717) is 29.1 Å². The Labute approximate surface area is 189 Å². The van der Waals surface area contributed by atoms with Gasteiger partial charge in [0.1, 0.15) is 0 Å². The summed E-state index contributed by atoms with van der Waals surface area (Å²) in [5.41, 5.74) is 3.29. The minimum Gasteiger partial charge on any atom is -0.481 e. The largest absolute Gasteiger partial charge is 0.481 e. The van der Waals surface area contributed by atoms with Crippen LogP contribution < -0.4 is 0 Å². The summed E-state index contributed by atoms with van der Waals surface area (Å²) in [6.07, 6.45) is 12.7. The Balaban J connectivity index is 1.56. The lowest BCUT2D eigenvalue weighted by Crippen LogP contribution is -2.50. The fourth-order valence-electron chi connectivity index (χ4n) is 8.32. The number of aliphatic carboxylic acids is 1. The molecule has 31 heavy (non-hydrogen) atoms. The van der Waals surface area contributed by atoms with Crippen molar-refractivity contribution in [2.75, 3.05) is 0 Å². The van der Waals surface area contributed by atoms with Gasteiger partial charge in [-0.15, -0.1) is 0 Å². The first-order chi connectivity index (χ1) is 14.6. The van der Waals surface area contributed by atoms with Crippen molar-refractivity contribution >= 4 is 5.97 Å². The molecule has 3 nitrogen and oxygen atoms in total. The summed E-state index contributed by atoms with van der Waals surface area (Å²) in [6, 6.07) is 0. The van der Waals surface area contributed by atoms with Gasteiger partial charge >= 0.3 is 5.97 Å². The van der Waals surface area contributed by atoms with E-state index in [-0.39, 0.29) is 23.4 Å².